The van der Waals surface area contributed by atoms with Crippen LogP contribution in [0.15, 0.2) is 112 Å². The molecule has 3 aliphatic carbocycles. The lowest BCUT2D eigenvalue weighted by atomic mass is 9.64. The number of halogens is 2. The lowest BCUT2D eigenvalue weighted by Crippen LogP contribution is -2.53. The van der Waals surface area contributed by atoms with E-state index in [0.717, 1.165) is 44.4 Å². The number of hydrogen-bond acceptors (Lipinski definition) is 6. The van der Waals surface area contributed by atoms with Crippen molar-refractivity contribution in [3.63, 3.8) is 0 Å². The minimum atomic E-state index is -4.04. The van der Waals surface area contributed by atoms with E-state index in [4.69, 9.17) is 11.6 Å². The highest BCUT2D eigenvalue weighted by Crippen LogP contribution is 2.59. The molecule has 1 saturated carbocycles. The molecule has 0 unspecified atom stereocenters. The second kappa shape index (κ2) is 16.0. The van der Waals surface area contributed by atoms with Crippen LogP contribution in [0.2, 0.25) is 5.02 Å². The van der Waals surface area contributed by atoms with Crippen molar-refractivity contribution in [3.8, 4) is 0 Å². The van der Waals surface area contributed by atoms with E-state index in [0.29, 0.717) is 50.5 Å². The van der Waals surface area contributed by atoms with Gasteiger partial charge >= 0.3 is 0 Å². The van der Waals surface area contributed by atoms with Crippen LogP contribution < -0.4 is 0 Å². The van der Waals surface area contributed by atoms with Gasteiger partial charge in [0.1, 0.15) is 10.0 Å². The Hall–Kier alpha value is -3.70. The number of ketones is 1. The van der Waals surface area contributed by atoms with Gasteiger partial charge in [-0.25, -0.2) is 12.8 Å². The molecule has 2 N–H and O–H groups in total. The third-order valence-corrected chi connectivity index (χ3v) is 15.6. The van der Waals surface area contributed by atoms with E-state index in [2.05, 4.69) is 13.0 Å². The maximum Gasteiger partial charge on any atom is 0.252 e. The van der Waals surface area contributed by atoms with Crippen LogP contribution in [0.5, 0.6) is 0 Å². The summed E-state index contributed by atoms with van der Waals surface area (Å²) in [5.74, 6) is -1.21. The predicted molar refractivity (Wildman–Crippen MR) is 219 cm³/mol. The first-order chi connectivity index (χ1) is 26.3. The molecule has 288 valence electrons. The molecule has 8 rings (SSSR count). The molecular formula is C45H47ClFNO5S2. The van der Waals surface area contributed by atoms with Gasteiger partial charge in [0.05, 0.1) is 11.7 Å². The van der Waals surface area contributed by atoms with E-state index in [1.54, 1.807) is 23.6 Å². The predicted octanol–water partition coefficient (Wildman–Crippen LogP) is 10.0. The SMILES string of the molecule is CC1=CCC[C@@]2(C)[C@@H](CC[C@@]2(O)CN(Cc2cccc3ccccc23)S(=O)(=O)c2cccs2)c2ccc(cc2C(=O)Cc2c(F)cccc2Cl)C[C@@H](O)CC1. The smallest absolute Gasteiger partial charge is 0.252 e. The third kappa shape index (κ3) is 7.98. The fraction of sp³-hybridized carbons (Fsp3) is 0.356. The molecule has 1 aromatic heterocycles. The van der Waals surface area contributed by atoms with Crippen molar-refractivity contribution in [2.75, 3.05) is 6.54 Å². The standard InChI is InChI=1S/C45H47ClFNO5S2/c1-30-9-7-22-44(2)39(36-20-18-31(25-34(49)19-17-30)26-37(36)42(50)27-38-40(46)14-6-15-41(38)47)21-23-45(44,51)29-48(55(52,53)43-16-8-24-54-43)28-33-12-5-11-32-10-3-4-13-35(32)33/h3-6,8-16,18,20,24,26,34,39,49,51H,7,17,19,21-23,25,27-29H2,1-2H3/t34-,39-,44-,45+/m0/s1. The van der Waals surface area contributed by atoms with E-state index in [1.165, 1.54) is 16.4 Å². The lowest BCUT2D eigenvalue weighted by molar-refractivity contribution is -0.0731. The van der Waals surface area contributed by atoms with Gasteiger partial charge < -0.3 is 10.2 Å². The number of rotatable bonds is 9. The Morgan fingerprint density at radius 3 is 2.56 bits per heavy atom. The number of allylic oxidation sites excluding steroid dienone is 2. The summed E-state index contributed by atoms with van der Waals surface area (Å²) in [6.07, 6.45) is 4.82. The average molecular weight is 800 g/mol. The van der Waals surface area contributed by atoms with Crippen LogP contribution in [0.4, 0.5) is 4.39 Å². The molecule has 3 aliphatic rings. The second-order valence-electron chi connectivity index (χ2n) is 15.6. The van der Waals surface area contributed by atoms with Gasteiger partial charge in [-0.05, 0) is 115 Å². The first kappa shape index (κ1) is 39.5. The van der Waals surface area contributed by atoms with E-state index in [1.807, 2.05) is 67.6 Å². The molecule has 0 aliphatic heterocycles. The maximum atomic E-state index is 15.0. The number of sulfonamides is 1. The monoisotopic (exact) mass is 799 g/mol. The summed E-state index contributed by atoms with van der Waals surface area (Å²) >= 11 is 7.55. The number of fused-ring (bicyclic) bond motifs is 9. The topological polar surface area (TPSA) is 94.9 Å². The van der Waals surface area contributed by atoms with E-state index in [9.17, 15) is 23.4 Å². The third-order valence-electron chi connectivity index (χ3n) is 12.1. The van der Waals surface area contributed by atoms with Crippen LogP contribution in [0.25, 0.3) is 10.8 Å². The van der Waals surface area contributed by atoms with Gasteiger partial charge in [-0.1, -0.05) is 96.9 Å². The second-order valence-corrected chi connectivity index (χ2v) is 19.1. The van der Waals surface area contributed by atoms with Crippen LogP contribution >= 0.6 is 22.9 Å². The van der Waals surface area contributed by atoms with Crippen LogP contribution in [0.3, 0.4) is 0 Å². The first-order valence-electron chi connectivity index (χ1n) is 18.9. The largest absolute Gasteiger partial charge is 0.393 e. The Labute approximate surface area is 332 Å². The summed E-state index contributed by atoms with van der Waals surface area (Å²) in [7, 11) is -4.04. The van der Waals surface area contributed by atoms with Crippen molar-refractivity contribution in [2.45, 2.75) is 93.6 Å². The molecule has 2 bridgehead atoms. The fourth-order valence-electron chi connectivity index (χ4n) is 8.87. The number of hydrogen-bond donors (Lipinski definition) is 2. The number of carbonyl (C=O) groups excluding carboxylic acids is 1. The number of carbonyl (C=O) groups is 1. The maximum absolute atomic E-state index is 15.0. The molecule has 1 heterocycles. The van der Waals surface area contributed by atoms with Crippen LogP contribution in [-0.2, 0) is 29.4 Å². The Bertz CT molecular complexity index is 2320. The molecule has 4 atom stereocenters. The molecule has 0 radical (unpaired) electrons. The van der Waals surface area contributed by atoms with Crippen molar-refractivity contribution in [2.24, 2.45) is 5.41 Å². The van der Waals surface area contributed by atoms with Crippen molar-refractivity contribution < 1.29 is 27.8 Å². The fourth-order valence-corrected chi connectivity index (χ4v) is 11.7. The Morgan fingerprint density at radius 1 is 1.00 bits per heavy atom. The summed E-state index contributed by atoms with van der Waals surface area (Å²) in [6.45, 7) is 4.00. The lowest BCUT2D eigenvalue weighted by Gasteiger charge is -2.46. The van der Waals surface area contributed by atoms with Crippen LogP contribution in [0.1, 0.15) is 90.9 Å². The summed E-state index contributed by atoms with van der Waals surface area (Å²) in [4.78, 5) is 14.3. The van der Waals surface area contributed by atoms with Gasteiger partial charge in [-0.2, -0.15) is 4.31 Å². The Balaban J connectivity index is 1.33. The summed E-state index contributed by atoms with van der Waals surface area (Å²) < 4.78 is 45.8. The van der Waals surface area contributed by atoms with E-state index >= 15 is 4.39 Å². The van der Waals surface area contributed by atoms with E-state index in [-0.39, 0.29) is 46.0 Å². The van der Waals surface area contributed by atoms with Gasteiger partial charge in [-0.3, -0.25) is 4.79 Å². The molecule has 0 saturated heterocycles. The van der Waals surface area contributed by atoms with Crippen molar-refractivity contribution in [3.05, 3.63) is 147 Å². The highest BCUT2D eigenvalue weighted by atomic mass is 35.5. The van der Waals surface area contributed by atoms with Crippen molar-refractivity contribution >= 4 is 49.5 Å². The van der Waals surface area contributed by atoms with E-state index < -0.39 is 33.0 Å². The number of Topliss-reactive ketones (excluding diaryl/α,β-unsaturated/α-hetero) is 1. The number of benzene rings is 4. The quantitative estimate of drug-likeness (QED) is 0.114. The van der Waals surface area contributed by atoms with Gasteiger partial charge in [0.25, 0.3) is 10.0 Å². The molecule has 0 amide bonds. The van der Waals surface area contributed by atoms with Crippen LogP contribution in [0, 0.1) is 11.2 Å². The minimum Gasteiger partial charge on any atom is -0.393 e. The summed E-state index contributed by atoms with van der Waals surface area (Å²) in [6, 6.07) is 27.1. The number of thiophene rings is 1. The Kier molecular flexibility index (Phi) is 11.5. The first-order valence-corrected chi connectivity index (χ1v) is 21.6. The van der Waals surface area contributed by atoms with Crippen molar-refractivity contribution in [1.29, 1.82) is 0 Å². The summed E-state index contributed by atoms with van der Waals surface area (Å²) in [5.41, 5.74) is 1.65. The average Bonchev–Trinajstić information content (AvgIpc) is 3.80. The number of nitrogens with zero attached hydrogens (tertiary/aromatic N) is 1. The molecule has 0 spiro atoms. The van der Waals surface area contributed by atoms with Gasteiger partial charge in [-0.15, -0.1) is 11.3 Å². The van der Waals surface area contributed by atoms with Gasteiger partial charge in [0, 0.05) is 41.1 Å². The minimum absolute atomic E-state index is 0.0633. The van der Waals surface area contributed by atoms with Crippen molar-refractivity contribution in [1.82, 2.24) is 4.31 Å². The Morgan fingerprint density at radius 2 is 1.78 bits per heavy atom. The highest BCUT2D eigenvalue weighted by Gasteiger charge is 2.58. The molecule has 1 fully saturated rings. The normalized spacial score (nSPS) is 23.4. The molecule has 10 heteroatoms. The zero-order valence-corrected chi connectivity index (χ0v) is 33.6. The molecule has 55 heavy (non-hydrogen) atoms. The molecule has 5 aromatic rings. The highest BCUT2D eigenvalue weighted by molar-refractivity contribution is 7.91. The molecule has 6 nitrogen and oxygen atoms in total. The van der Waals surface area contributed by atoms with Gasteiger partial charge in [0.15, 0.2) is 5.78 Å². The summed E-state index contributed by atoms with van der Waals surface area (Å²) in [5, 5.41) is 28.0. The number of aliphatic hydroxyl groups excluding tert-OH is 1. The zero-order valence-electron chi connectivity index (χ0n) is 31.2. The van der Waals surface area contributed by atoms with Gasteiger partial charge in [0.2, 0.25) is 0 Å². The van der Waals surface area contributed by atoms with Crippen LogP contribution in [-0.4, -0.2) is 47.0 Å². The zero-order chi connectivity index (χ0) is 39.0. The molecular weight excluding hydrogens is 753 g/mol. The number of aliphatic hydroxyl groups is 2. The molecule has 4 aromatic carbocycles.